The summed E-state index contributed by atoms with van der Waals surface area (Å²) < 4.78 is 0. The maximum Gasteiger partial charge on any atom is 0.128 e. The minimum absolute atomic E-state index is 0.722. The third kappa shape index (κ3) is 4.19. The quantitative estimate of drug-likeness (QED) is 0.730. The van der Waals surface area contributed by atoms with Crippen LogP contribution in [0.25, 0.3) is 0 Å². The molecule has 1 aromatic rings. The van der Waals surface area contributed by atoms with Crippen molar-refractivity contribution >= 4 is 11.5 Å². The molecule has 0 atom stereocenters. The molecule has 0 aliphatic carbocycles. The molecule has 0 amide bonds. The number of hydrogen-bond donors (Lipinski definition) is 2. The molecular weight excluding hydrogens is 186 g/mol. The lowest BCUT2D eigenvalue weighted by Gasteiger charge is -2.09. The molecule has 0 saturated heterocycles. The Balaban J connectivity index is 2.37. The van der Waals surface area contributed by atoms with Crippen molar-refractivity contribution in [1.29, 1.82) is 0 Å². The third-order valence-electron chi connectivity index (χ3n) is 2.35. The summed E-state index contributed by atoms with van der Waals surface area (Å²) in [4.78, 5) is 4.26. The van der Waals surface area contributed by atoms with E-state index in [1.165, 1.54) is 12.8 Å². The fourth-order valence-corrected chi connectivity index (χ4v) is 1.50. The van der Waals surface area contributed by atoms with Crippen molar-refractivity contribution in [2.45, 2.75) is 33.6 Å². The van der Waals surface area contributed by atoms with Crippen LogP contribution in [0.1, 0.15) is 32.3 Å². The number of anilines is 2. The average Bonchev–Trinajstić information content (AvgIpc) is 2.14. The van der Waals surface area contributed by atoms with Crippen molar-refractivity contribution in [3.8, 4) is 0 Å². The number of nitrogen functional groups attached to an aromatic ring is 1. The van der Waals surface area contributed by atoms with Gasteiger partial charge in [0.15, 0.2) is 0 Å². The van der Waals surface area contributed by atoms with Crippen LogP contribution in [0.2, 0.25) is 0 Å². The zero-order chi connectivity index (χ0) is 11.3. The molecular formula is C12H21N3. The van der Waals surface area contributed by atoms with E-state index < -0.39 is 0 Å². The van der Waals surface area contributed by atoms with Crippen molar-refractivity contribution in [2.24, 2.45) is 5.92 Å². The number of aromatic nitrogens is 1. The van der Waals surface area contributed by atoms with Crippen molar-refractivity contribution in [1.82, 2.24) is 4.98 Å². The van der Waals surface area contributed by atoms with Crippen LogP contribution in [0, 0.1) is 12.8 Å². The van der Waals surface area contributed by atoms with Crippen molar-refractivity contribution in [3.05, 3.63) is 17.8 Å². The van der Waals surface area contributed by atoms with Gasteiger partial charge in [-0.2, -0.15) is 0 Å². The normalized spacial score (nSPS) is 10.7. The Labute approximate surface area is 92.1 Å². The van der Waals surface area contributed by atoms with Crippen LogP contribution >= 0.6 is 0 Å². The monoisotopic (exact) mass is 207 g/mol. The first-order chi connectivity index (χ1) is 7.09. The maximum absolute atomic E-state index is 5.63. The Morgan fingerprint density at radius 3 is 2.80 bits per heavy atom. The number of aryl methyl sites for hydroxylation is 1. The molecule has 0 aliphatic heterocycles. The lowest BCUT2D eigenvalue weighted by molar-refractivity contribution is 0.566. The van der Waals surface area contributed by atoms with E-state index in [1.54, 1.807) is 6.20 Å². The summed E-state index contributed by atoms with van der Waals surface area (Å²) in [5.41, 5.74) is 7.46. The molecule has 0 aromatic carbocycles. The van der Waals surface area contributed by atoms with Gasteiger partial charge in [-0.3, -0.25) is 0 Å². The van der Waals surface area contributed by atoms with Crippen LogP contribution < -0.4 is 11.1 Å². The van der Waals surface area contributed by atoms with E-state index in [0.29, 0.717) is 0 Å². The fourth-order valence-electron chi connectivity index (χ4n) is 1.50. The van der Waals surface area contributed by atoms with E-state index in [0.717, 1.165) is 29.5 Å². The Bertz CT molecular complexity index is 308. The van der Waals surface area contributed by atoms with Gasteiger partial charge in [-0.1, -0.05) is 13.8 Å². The highest BCUT2D eigenvalue weighted by molar-refractivity contribution is 5.50. The van der Waals surface area contributed by atoms with Crippen LogP contribution in [0.4, 0.5) is 11.5 Å². The second-order valence-corrected chi connectivity index (χ2v) is 4.40. The second-order valence-electron chi connectivity index (χ2n) is 4.40. The van der Waals surface area contributed by atoms with Crippen LogP contribution in [0.5, 0.6) is 0 Å². The molecule has 0 unspecified atom stereocenters. The van der Waals surface area contributed by atoms with E-state index in [-0.39, 0.29) is 0 Å². The maximum atomic E-state index is 5.63. The van der Waals surface area contributed by atoms with Crippen LogP contribution in [-0.4, -0.2) is 11.5 Å². The molecule has 0 saturated carbocycles. The van der Waals surface area contributed by atoms with E-state index in [4.69, 9.17) is 5.73 Å². The zero-order valence-electron chi connectivity index (χ0n) is 9.88. The lowest BCUT2D eigenvalue weighted by Crippen LogP contribution is -2.06. The van der Waals surface area contributed by atoms with Gasteiger partial charge in [0.2, 0.25) is 0 Å². The van der Waals surface area contributed by atoms with Gasteiger partial charge in [0, 0.05) is 6.54 Å². The van der Waals surface area contributed by atoms with Crippen molar-refractivity contribution < 1.29 is 0 Å². The summed E-state index contributed by atoms with van der Waals surface area (Å²) in [5.74, 6) is 1.72. The predicted molar refractivity (Wildman–Crippen MR) is 65.9 cm³/mol. The van der Waals surface area contributed by atoms with Crippen molar-refractivity contribution in [3.63, 3.8) is 0 Å². The summed E-state index contributed by atoms with van der Waals surface area (Å²) in [6, 6.07) is 1.94. The average molecular weight is 207 g/mol. The molecule has 84 valence electrons. The number of hydrogen-bond acceptors (Lipinski definition) is 3. The molecule has 0 aliphatic rings. The Kier molecular flexibility index (Phi) is 4.40. The summed E-state index contributed by atoms with van der Waals surface area (Å²) in [5, 5.41) is 3.33. The molecule has 1 rings (SSSR count). The highest BCUT2D eigenvalue weighted by Gasteiger charge is 1.99. The van der Waals surface area contributed by atoms with E-state index in [2.05, 4.69) is 24.1 Å². The van der Waals surface area contributed by atoms with Gasteiger partial charge in [0.1, 0.15) is 5.82 Å². The Hall–Kier alpha value is -1.25. The molecule has 1 heterocycles. The van der Waals surface area contributed by atoms with Gasteiger partial charge < -0.3 is 11.1 Å². The molecule has 3 heteroatoms. The highest BCUT2D eigenvalue weighted by atomic mass is 15.0. The first kappa shape index (κ1) is 11.8. The molecule has 15 heavy (non-hydrogen) atoms. The molecule has 0 spiro atoms. The van der Waals surface area contributed by atoms with E-state index in [1.807, 2.05) is 13.0 Å². The smallest absolute Gasteiger partial charge is 0.128 e. The molecule has 0 bridgehead atoms. The summed E-state index contributed by atoms with van der Waals surface area (Å²) in [7, 11) is 0. The molecule has 0 fully saturated rings. The minimum Gasteiger partial charge on any atom is -0.397 e. The van der Waals surface area contributed by atoms with Gasteiger partial charge in [0.25, 0.3) is 0 Å². The number of nitrogens with one attached hydrogen (secondary N) is 1. The van der Waals surface area contributed by atoms with Gasteiger partial charge in [-0.05, 0) is 37.3 Å². The van der Waals surface area contributed by atoms with Crippen LogP contribution in [0.15, 0.2) is 12.3 Å². The molecule has 3 N–H and O–H groups in total. The largest absolute Gasteiger partial charge is 0.397 e. The van der Waals surface area contributed by atoms with Gasteiger partial charge in [-0.25, -0.2) is 4.98 Å². The Morgan fingerprint density at radius 1 is 1.47 bits per heavy atom. The SMILES string of the molecule is Cc1cc(N)cnc1NCCCC(C)C. The molecule has 1 aromatic heterocycles. The number of rotatable bonds is 5. The minimum atomic E-state index is 0.722. The molecule has 0 radical (unpaired) electrons. The van der Waals surface area contributed by atoms with E-state index >= 15 is 0 Å². The van der Waals surface area contributed by atoms with Crippen LogP contribution in [-0.2, 0) is 0 Å². The zero-order valence-corrected chi connectivity index (χ0v) is 9.88. The van der Waals surface area contributed by atoms with Crippen molar-refractivity contribution in [2.75, 3.05) is 17.6 Å². The first-order valence-electron chi connectivity index (χ1n) is 5.55. The topological polar surface area (TPSA) is 50.9 Å². The third-order valence-corrected chi connectivity index (χ3v) is 2.35. The number of nitrogens with zero attached hydrogens (tertiary/aromatic N) is 1. The second kappa shape index (κ2) is 5.59. The van der Waals surface area contributed by atoms with Gasteiger partial charge in [-0.15, -0.1) is 0 Å². The molecule has 3 nitrogen and oxygen atoms in total. The summed E-state index contributed by atoms with van der Waals surface area (Å²) >= 11 is 0. The standard InChI is InChI=1S/C12H21N3/c1-9(2)5-4-6-14-12-10(3)7-11(13)8-15-12/h7-9H,4-6,13H2,1-3H3,(H,14,15). The summed E-state index contributed by atoms with van der Waals surface area (Å²) in [6.45, 7) is 7.49. The van der Waals surface area contributed by atoms with E-state index in [9.17, 15) is 0 Å². The fraction of sp³-hybridized carbons (Fsp3) is 0.583. The van der Waals surface area contributed by atoms with Gasteiger partial charge >= 0.3 is 0 Å². The number of pyridine rings is 1. The lowest BCUT2D eigenvalue weighted by atomic mass is 10.1. The van der Waals surface area contributed by atoms with Crippen LogP contribution in [0.3, 0.4) is 0 Å². The van der Waals surface area contributed by atoms with Gasteiger partial charge in [0.05, 0.1) is 11.9 Å². The Morgan fingerprint density at radius 2 is 2.20 bits per heavy atom. The highest BCUT2D eigenvalue weighted by Crippen LogP contribution is 2.14. The predicted octanol–water partition coefficient (Wildman–Crippen LogP) is 2.82. The summed E-state index contributed by atoms with van der Waals surface area (Å²) in [6.07, 6.45) is 4.13. The first-order valence-corrected chi connectivity index (χ1v) is 5.55. The number of nitrogens with two attached hydrogens (primary N) is 1.